The molecule has 0 bridgehead atoms. The number of aromatic amines is 1. The predicted octanol–water partition coefficient (Wildman–Crippen LogP) is 4.96. The smallest absolute Gasteiger partial charge is 0.0932 e. The maximum absolute atomic E-state index is 5.97. The van der Waals surface area contributed by atoms with E-state index in [4.69, 9.17) is 11.6 Å². The molecule has 1 aromatic carbocycles. The van der Waals surface area contributed by atoms with Gasteiger partial charge in [-0.3, -0.25) is 0 Å². The summed E-state index contributed by atoms with van der Waals surface area (Å²) in [5.41, 5.74) is 3.24. The second kappa shape index (κ2) is 5.69. The van der Waals surface area contributed by atoms with Crippen molar-refractivity contribution in [1.29, 1.82) is 0 Å². The minimum absolute atomic E-state index is 0.241. The van der Waals surface area contributed by atoms with E-state index >= 15 is 0 Å². The van der Waals surface area contributed by atoms with Crippen molar-refractivity contribution < 1.29 is 0 Å². The predicted molar refractivity (Wildman–Crippen MR) is 85.4 cm³/mol. The van der Waals surface area contributed by atoms with E-state index in [9.17, 15) is 0 Å². The molecule has 0 fully saturated rings. The molecule has 3 nitrogen and oxygen atoms in total. The molecule has 0 aliphatic rings. The fourth-order valence-electron chi connectivity index (χ4n) is 2.04. The molecule has 3 rings (SSSR count). The number of imidazole rings is 1. The fraction of sp³-hybridized carbons (Fsp3) is 0.133. The Morgan fingerprint density at radius 2 is 2.00 bits per heavy atom. The topological polar surface area (TPSA) is 40.7 Å². The van der Waals surface area contributed by atoms with Crippen LogP contribution in [0.4, 0.5) is 5.69 Å². The van der Waals surface area contributed by atoms with Gasteiger partial charge in [0.05, 0.1) is 28.6 Å². The van der Waals surface area contributed by atoms with Crippen LogP contribution in [0.5, 0.6) is 0 Å². The average molecular weight is 304 g/mol. The van der Waals surface area contributed by atoms with Crippen LogP contribution in [-0.4, -0.2) is 9.97 Å². The normalized spacial score (nSPS) is 12.3. The minimum Gasteiger partial charge on any atom is -0.378 e. The van der Waals surface area contributed by atoms with Crippen LogP contribution in [-0.2, 0) is 0 Å². The Kier molecular flexibility index (Phi) is 3.76. The molecular formula is C15H14ClN3S. The van der Waals surface area contributed by atoms with E-state index < -0.39 is 0 Å². The highest BCUT2D eigenvalue weighted by Crippen LogP contribution is 2.29. The van der Waals surface area contributed by atoms with Crippen molar-refractivity contribution >= 4 is 28.6 Å². The molecule has 102 valence electrons. The lowest BCUT2D eigenvalue weighted by Crippen LogP contribution is -2.04. The number of hydrogen-bond acceptors (Lipinski definition) is 3. The Bertz CT molecular complexity index is 673. The first-order valence-electron chi connectivity index (χ1n) is 6.33. The SMILES string of the molecule is CC(Nc1ccc(-c2cnc[nH]2)cc1)c1ccc(Cl)s1. The van der Waals surface area contributed by atoms with Gasteiger partial charge in [-0.25, -0.2) is 4.98 Å². The summed E-state index contributed by atoms with van der Waals surface area (Å²) in [5, 5.41) is 3.47. The third-order valence-electron chi connectivity index (χ3n) is 3.10. The first kappa shape index (κ1) is 13.2. The van der Waals surface area contributed by atoms with Crippen LogP contribution in [0.2, 0.25) is 4.34 Å². The summed E-state index contributed by atoms with van der Waals surface area (Å²) in [6, 6.07) is 12.5. The van der Waals surface area contributed by atoms with Crippen molar-refractivity contribution in [2.75, 3.05) is 5.32 Å². The number of aromatic nitrogens is 2. The molecule has 0 amide bonds. The number of nitrogens with zero attached hydrogens (tertiary/aromatic N) is 1. The van der Waals surface area contributed by atoms with E-state index in [-0.39, 0.29) is 6.04 Å². The Labute approximate surface area is 126 Å². The van der Waals surface area contributed by atoms with Crippen LogP contribution >= 0.6 is 22.9 Å². The molecular weight excluding hydrogens is 290 g/mol. The van der Waals surface area contributed by atoms with Gasteiger partial charge in [0.15, 0.2) is 0 Å². The lowest BCUT2D eigenvalue weighted by atomic mass is 10.1. The molecule has 0 saturated carbocycles. The van der Waals surface area contributed by atoms with E-state index in [0.717, 1.165) is 21.3 Å². The molecule has 2 N–H and O–H groups in total. The van der Waals surface area contributed by atoms with Gasteiger partial charge in [-0.15, -0.1) is 11.3 Å². The van der Waals surface area contributed by atoms with Crippen LogP contribution in [0.25, 0.3) is 11.3 Å². The van der Waals surface area contributed by atoms with Gasteiger partial charge in [-0.05, 0) is 36.8 Å². The number of H-pyrrole nitrogens is 1. The number of halogens is 1. The van der Waals surface area contributed by atoms with Crippen molar-refractivity contribution in [2.45, 2.75) is 13.0 Å². The van der Waals surface area contributed by atoms with Crippen molar-refractivity contribution in [2.24, 2.45) is 0 Å². The van der Waals surface area contributed by atoms with Gasteiger partial charge in [0.2, 0.25) is 0 Å². The molecule has 5 heteroatoms. The average Bonchev–Trinajstić information content (AvgIpc) is 3.10. The maximum atomic E-state index is 5.97. The molecule has 3 aromatic rings. The van der Waals surface area contributed by atoms with Crippen LogP contribution < -0.4 is 5.32 Å². The second-order valence-corrected chi connectivity index (χ2v) is 6.30. The summed E-state index contributed by atoms with van der Waals surface area (Å²) in [6.45, 7) is 2.13. The Morgan fingerprint density at radius 1 is 1.20 bits per heavy atom. The zero-order valence-electron chi connectivity index (χ0n) is 10.9. The highest BCUT2D eigenvalue weighted by Gasteiger charge is 2.08. The monoisotopic (exact) mass is 303 g/mol. The van der Waals surface area contributed by atoms with E-state index in [2.05, 4.69) is 52.5 Å². The van der Waals surface area contributed by atoms with Crippen molar-refractivity contribution in [3.63, 3.8) is 0 Å². The Morgan fingerprint density at radius 3 is 2.60 bits per heavy atom. The number of nitrogens with one attached hydrogen (secondary N) is 2. The summed E-state index contributed by atoms with van der Waals surface area (Å²) in [4.78, 5) is 8.36. The van der Waals surface area contributed by atoms with E-state index in [1.165, 1.54) is 4.88 Å². The molecule has 1 atom stereocenters. The summed E-state index contributed by atoms with van der Waals surface area (Å²) >= 11 is 7.57. The lowest BCUT2D eigenvalue weighted by Gasteiger charge is -2.13. The Balaban J connectivity index is 1.72. The molecule has 0 aliphatic carbocycles. The molecule has 20 heavy (non-hydrogen) atoms. The number of hydrogen-bond donors (Lipinski definition) is 2. The van der Waals surface area contributed by atoms with Gasteiger partial charge in [-0.1, -0.05) is 23.7 Å². The Hall–Kier alpha value is -1.78. The summed E-state index contributed by atoms with van der Waals surface area (Å²) in [7, 11) is 0. The number of anilines is 1. The van der Waals surface area contributed by atoms with Crippen molar-refractivity contribution in [1.82, 2.24) is 9.97 Å². The fourth-order valence-corrected chi connectivity index (χ4v) is 3.11. The first-order chi connectivity index (χ1) is 9.72. The van der Waals surface area contributed by atoms with Crippen LogP contribution in [0, 0.1) is 0 Å². The van der Waals surface area contributed by atoms with Gasteiger partial charge >= 0.3 is 0 Å². The van der Waals surface area contributed by atoms with E-state index in [0.29, 0.717) is 0 Å². The molecule has 0 aliphatic heterocycles. The van der Waals surface area contributed by atoms with E-state index in [1.807, 2.05) is 12.3 Å². The van der Waals surface area contributed by atoms with Crippen LogP contribution in [0.1, 0.15) is 17.8 Å². The quantitative estimate of drug-likeness (QED) is 0.715. The maximum Gasteiger partial charge on any atom is 0.0932 e. The zero-order valence-corrected chi connectivity index (χ0v) is 12.5. The van der Waals surface area contributed by atoms with Gasteiger partial charge in [0, 0.05) is 10.6 Å². The number of benzene rings is 1. The largest absolute Gasteiger partial charge is 0.378 e. The molecule has 1 unspecified atom stereocenters. The molecule has 0 spiro atoms. The zero-order chi connectivity index (χ0) is 13.9. The van der Waals surface area contributed by atoms with Crippen molar-refractivity contribution in [3.05, 3.63) is 58.1 Å². The van der Waals surface area contributed by atoms with Gasteiger partial charge in [0.25, 0.3) is 0 Å². The highest BCUT2D eigenvalue weighted by atomic mass is 35.5. The lowest BCUT2D eigenvalue weighted by molar-refractivity contribution is 0.908. The third kappa shape index (κ3) is 2.86. The molecule has 2 heterocycles. The number of thiophene rings is 1. The molecule has 0 saturated heterocycles. The number of rotatable bonds is 4. The summed E-state index contributed by atoms with van der Waals surface area (Å²) in [5.74, 6) is 0. The van der Waals surface area contributed by atoms with Crippen LogP contribution in [0.3, 0.4) is 0 Å². The third-order valence-corrected chi connectivity index (χ3v) is 4.51. The van der Waals surface area contributed by atoms with Gasteiger partial charge in [0.1, 0.15) is 0 Å². The summed E-state index contributed by atoms with van der Waals surface area (Å²) < 4.78 is 0.822. The van der Waals surface area contributed by atoms with Crippen LogP contribution in [0.15, 0.2) is 48.9 Å². The van der Waals surface area contributed by atoms with Gasteiger partial charge < -0.3 is 10.3 Å². The highest BCUT2D eigenvalue weighted by molar-refractivity contribution is 7.16. The van der Waals surface area contributed by atoms with Crippen molar-refractivity contribution in [3.8, 4) is 11.3 Å². The van der Waals surface area contributed by atoms with Gasteiger partial charge in [-0.2, -0.15) is 0 Å². The second-order valence-electron chi connectivity index (χ2n) is 4.55. The minimum atomic E-state index is 0.241. The van der Waals surface area contributed by atoms with E-state index in [1.54, 1.807) is 17.7 Å². The molecule has 0 radical (unpaired) electrons. The standard InChI is InChI=1S/C15H14ClN3S/c1-10(14-6-7-15(16)20-14)19-12-4-2-11(3-5-12)13-8-17-9-18-13/h2-10,19H,1H3,(H,17,18). The molecule has 2 aromatic heterocycles. The first-order valence-corrected chi connectivity index (χ1v) is 7.52. The summed E-state index contributed by atoms with van der Waals surface area (Å²) in [6.07, 6.45) is 3.50.